The summed E-state index contributed by atoms with van der Waals surface area (Å²) in [5.74, 6) is 0.659. The minimum absolute atomic E-state index is 0.235. The van der Waals surface area contributed by atoms with Crippen molar-refractivity contribution in [2.45, 2.75) is 13.5 Å². The van der Waals surface area contributed by atoms with Gasteiger partial charge in [-0.25, -0.2) is 4.79 Å². The molecule has 0 aliphatic carbocycles. The number of thiophene rings is 1. The molecular formula is C14H16N2O2S. The fourth-order valence-electron chi connectivity index (χ4n) is 1.71. The number of urea groups is 1. The first-order valence-electron chi connectivity index (χ1n) is 5.91. The third-order valence-corrected chi connectivity index (χ3v) is 3.57. The monoisotopic (exact) mass is 276 g/mol. The summed E-state index contributed by atoms with van der Waals surface area (Å²) in [7, 11) is 1.59. The molecule has 2 aromatic rings. The van der Waals surface area contributed by atoms with Crippen molar-refractivity contribution in [1.82, 2.24) is 5.32 Å². The summed E-state index contributed by atoms with van der Waals surface area (Å²) in [5.41, 5.74) is 1.67. The van der Waals surface area contributed by atoms with Crippen LogP contribution in [0.1, 0.15) is 10.4 Å². The highest BCUT2D eigenvalue weighted by atomic mass is 32.1. The van der Waals surface area contributed by atoms with Crippen LogP contribution in [-0.4, -0.2) is 13.1 Å². The predicted molar refractivity (Wildman–Crippen MR) is 77.9 cm³/mol. The highest BCUT2D eigenvalue weighted by Gasteiger charge is 2.09. The van der Waals surface area contributed by atoms with Crippen LogP contribution in [0, 0.1) is 6.92 Å². The summed E-state index contributed by atoms with van der Waals surface area (Å²) in [5, 5.41) is 7.62. The fourth-order valence-corrected chi connectivity index (χ4v) is 2.35. The number of anilines is 1. The van der Waals surface area contributed by atoms with Crippen LogP contribution in [0.25, 0.3) is 0 Å². The molecular weight excluding hydrogens is 260 g/mol. The lowest BCUT2D eigenvalue weighted by Crippen LogP contribution is -2.28. The Morgan fingerprint density at radius 3 is 2.84 bits per heavy atom. The molecule has 0 unspecified atom stereocenters. The number of nitrogens with one attached hydrogen (secondary N) is 2. The van der Waals surface area contributed by atoms with Crippen LogP contribution in [0.5, 0.6) is 5.75 Å². The van der Waals surface area contributed by atoms with E-state index in [2.05, 4.69) is 10.6 Å². The molecule has 0 saturated carbocycles. The van der Waals surface area contributed by atoms with E-state index in [0.717, 1.165) is 10.4 Å². The van der Waals surface area contributed by atoms with Gasteiger partial charge in [0.25, 0.3) is 0 Å². The second-order valence-electron chi connectivity index (χ2n) is 4.04. The topological polar surface area (TPSA) is 50.4 Å². The van der Waals surface area contributed by atoms with Crippen molar-refractivity contribution >= 4 is 23.1 Å². The van der Waals surface area contributed by atoms with Gasteiger partial charge in [-0.1, -0.05) is 18.2 Å². The lowest BCUT2D eigenvalue weighted by Gasteiger charge is -2.13. The molecule has 2 N–H and O–H groups in total. The molecule has 100 valence electrons. The Bertz CT molecular complexity index is 553. The van der Waals surface area contributed by atoms with Gasteiger partial charge in [0.15, 0.2) is 0 Å². The Hall–Kier alpha value is -2.01. The maximum absolute atomic E-state index is 11.9. The van der Waals surface area contributed by atoms with E-state index in [4.69, 9.17) is 4.74 Å². The maximum atomic E-state index is 11.9. The van der Waals surface area contributed by atoms with Crippen molar-refractivity contribution in [3.05, 3.63) is 46.2 Å². The largest absolute Gasteiger partial charge is 0.495 e. The SMILES string of the molecule is COc1cccc(C)c1NC(=O)NCc1cccs1. The number of para-hydroxylation sites is 1. The Balaban J connectivity index is 1.99. The average Bonchev–Trinajstić information content (AvgIpc) is 2.92. The van der Waals surface area contributed by atoms with Crippen molar-refractivity contribution in [3.63, 3.8) is 0 Å². The number of aryl methyl sites for hydroxylation is 1. The normalized spacial score (nSPS) is 10.0. The summed E-state index contributed by atoms with van der Waals surface area (Å²) < 4.78 is 5.24. The van der Waals surface area contributed by atoms with Gasteiger partial charge in [-0.15, -0.1) is 11.3 Å². The number of rotatable bonds is 4. The number of carbonyl (C=O) groups excluding carboxylic acids is 1. The smallest absolute Gasteiger partial charge is 0.319 e. The average molecular weight is 276 g/mol. The zero-order chi connectivity index (χ0) is 13.7. The van der Waals surface area contributed by atoms with Gasteiger partial charge in [-0.3, -0.25) is 0 Å². The van der Waals surface area contributed by atoms with Crippen molar-refractivity contribution in [2.75, 3.05) is 12.4 Å². The van der Waals surface area contributed by atoms with Gasteiger partial charge in [0.2, 0.25) is 0 Å². The second-order valence-corrected chi connectivity index (χ2v) is 5.07. The minimum Gasteiger partial charge on any atom is -0.495 e. The second kappa shape index (κ2) is 6.24. The number of ether oxygens (including phenoxy) is 1. The molecule has 0 bridgehead atoms. The van der Waals surface area contributed by atoms with Crippen molar-refractivity contribution in [3.8, 4) is 5.75 Å². The maximum Gasteiger partial charge on any atom is 0.319 e. The van der Waals surface area contributed by atoms with Gasteiger partial charge in [0, 0.05) is 4.88 Å². The molecule has 4 nitrogen and oxygen atoms in total. The Labute approximate surface area is 116 Å². The number of amides is 2. The lowest BCUT2D eigenvalue weighted by molar-refractivity contribution is 0.251. The van der Waals surface area contributed by atoms with E-state index in [1.165, 1.54) is 0 Å². The molecule has 0 aliphatic heterocycles. The number of methoxy groups -OCH3 is 1. The molecule has 19 heavy (non-hydrogen) atoms. The lowest BCUT2D eigenvalue weighted by atomic mass is 10.2. The van der Waals surface area contributed by atoms with Crippen LogP contribution < -0.4 is 15.4 Å². The Kier molecular flexibility index (Phi) is 4.41. The van der Waals surface area contributed by atoms with E-state index >= 15 is 0 Å². The van der Waals surface area contributed by atoms with E-state index in [-0.39, 0.29) is 6.03 Å². The first kappa shape index (κ1) is 13.4. The molecule has 0 spiro atoms. The number of hydrogen-bond acceptors (Lipinski definition) is 3. The third-order valence-electron chi connectivity index (χ3n) is 2.70. The van der Waals surface area contributed by atoms with Gasteiger partial charge >= 0.3 is 6.03 Å². The van der Waals surface area contributed by atoms with Crippen molar-refractivity contribution in [2.24, 2.45) is 0 Å². The number of benzene rings is 1. The van der Waals surface area contributed by atoms with E-state index < -0.39 is 0 Å². The number of hydrogen-bond donors (Lipinski definition) is 2. The van der Waals surface area contributed by atoms with Crippen LogP contribution in [0.15, 0.2) is 35.7 Å². The van der Waals surface area contributed by atoms with E-state index in [0.29, 0.717) is 18.0 Å². The van der Waals surface area contributed by atoms with Crippen LogP contribution in [-0.2, 0) is 6.54 Å². The van der Waals surface area contributed by atoms with Gasteiger partial charge in [-0.2, -0.15) is 0 Å². The Morgan fingerprint density at radius 2 is 2.16 bits per heavy atom. The fraction of sp³-hybridized carbons (Fsp3) is 0.214. The van der Waals surface area contributed by atoms with Crippen molar-refractivity contribution in [1.29, 1.82) is 0 Å². The van der Waals surface area contributed by atoms with Gasteiger partial charge < -0.3 is 15.4 Å². The highest BCUT2D eigenvalue weighted by Crippen LogP contribution is 2.27. The third kappa shape index (κ3) is 3.48. The molecule has 0 radical (unpaired) electrons. The molecule has 0 aliphatic rings. The molecule has 0 atom stereocenters. The Morgan fingerprint density at radius 1 is 1.32 bits per heavy atom. The molecule has 0 saturated heterocycles. The summed E-state index contributed by atoms with van der Waals surface area (Å²) in [4.78, 5) is 13.0. The van der Waals surface area contributed by atoms with Gasteiger partial charge in [-0.05, 0) is 30.0 Å². The summed E-state index contributed by atoms with van der Waals surface area (Å²) in [6, 6.07) is 9.35. The summed E-state index contributed by atoms with van der Waals surface area (Å²) in [6.45, 7) is 2.45. The molecule has 2 rings (SSSR count). The standard InChI is InChI=1S/C14H16N2O2S/c1-10-5-3-7-12(18-2)13(10)16-14(17)15-9-11-6-4-8-19-11/h3-8H,9H2,1-2H3,(H2,15,16,17). The molecule has 5 heteroatoms. The van der Waals surface area contributed by atoms with Crippen molar-refractivity contribution < 1.29 is 9.53 Å². The van der Waals surface area contributed by atoms with E-state index in [9.17, 15) is 4.79 Å². The highest BCUT2D eigenvalue weighted by molar-refractivity contribution is 7.09. The quantitative estimate of drug-likeness (QED) is 0.899. The van der Waals surface area contributed by atoms with Gasteiger partial charge in [0.05, 0.1) is 19.3 Å². The molecule has 1 heterocycles. The summed E-state index contributed by atoms with van der Waals surface area (Å²) in [6.07, 6.45) is 0. The zero-order valence-corrected chi connectivity index (χ0v) is 11.7. The van der Waals surface area contributed by atoms with Crippen LogP contribution in [0.3, 0.4) is 0 Å². The predicted octanol–water partition coefficient (Wildman–Crippen LogP) is 3.39. The molecule has 1 aromatic heterocycles. The van der Waals surface area contributed by atoms with Crippen LogP contribution >= 0.6 is 11.3 Å². The van der Waals surface area contributed by atoms with E-state index in [1.807, 2.05) is 42.6 Å². The first-order valence-corrected chi connectivity index (χ1v) is 6.79. The number of carbonyl (C=O) groups is 1. The van der Waals surface area contributed by atoms with Gasteiger partial charge in [0.1, 0.15) is 5.75 Å². The zero-order valence-electron chi connectivity index (χ0n) is 10.9. The summed E-state index contributed by atoms with van der Waals surface area (Å²) >= 11 is 1.61. The molecule has 2 amide bonds. The van der Waals surface area contributed by atoms with E-state index in [1.54, 1.807) is 18.4 Å². The first-order chi connectivity index (χ1) is 9.20. The minimum atomic E-state index is -0.235. The molecule has 1 aromatic carbocycles. The van der Waals surface area contributed by atoms with Crippen LogP contribution in [0.2, 0.25) is 0 Å². The molecule has 0 fully saturated rings. The van der Waals surface area contributed by atoms with Crippen LogP contribution in [0.4, 0.5) is 10.5 Å².